The van der Waals surface area contributed by atoms with Crippen molar-refractivity contribution >= 4 is 18.3 Å². The van der Waals surface area contributed by atoms with E-state index >= 15 is 0 Å². The molecule has 0 radical (unpaired) electrons. The van der Waals surface area contributed by atoms with E-state index in [9.17, 15) is 13.6 Å². The fraction of sp³-hybridized carbons (Fsp3) is 0.409. The highest BCUT2D eigenvalue weighted by atomic mass is 35.5. The van der Waals surface area contributed by atoms with Crippen LogP contribution in [0, 0.1) is 17.0 Å². The van der Waals surface area contributed by atoms with E-state index in [4.69, 9.17) is 4.74 Å². The third-order valence-electron chi connectivity index (χ3n) is 5.94. The predicted molar refractivity (Wildman–Crippen MR) is 109 cm³/mol. The maximum Gasteiger partial charge on any atom is 0.268 e. The van der Waals surface area contributed by atoms with Gasteiger partial charge in [0.2, 0.25) is 6.10 Å². The van der Waals surface area contributed by atoms with Gasteiger partial charge in [0.1, 0.15) is 5.75 Å². The van der Waals surface area contributed by atoms with Gasteiger partial charge in [-0.1, -0.05) is 30.3 Å². The van der Waals surface area contributed by atoms with Crippen molar-refractivity contribution in [2.24, 2.45) is 5.41 Å². The highest BCUT2D eigenvalue weighted by molar-refractivity contribution is 5.85. The first kappa shape index (κ1) is 21.5. The van der Waals surface area contributed by atoms with Crippen molar-refractivity contribution in [3.63, 3.8) is 0 Å². The lowest BCUT2D eigenvalue weighted by molar-refractivity contribution is -0.141. The molecule has 2 aromatic carbocycles. The number of hydrogen-bond donors (Lipinski definition) is 1. The van der Waals surface area contributed by atoms with Crippen LogP contribution in [0.25, 0.3) is 0 Å². The lowest BCUT2D eigenvalue weighted by Crippen LogP contribution is -2.46. The zero-order valence-electron chi connectivity index (χ0n) is 16.1. The molecule has 2 aliphatic heterocycles. The Morgan fingerprint density at radius 2 is 1.76 bits per heavy atom. The molecule has 1 N–H and O–H groups in total. The van der Waals surface area contributed by atoms with Gasteiger partial charge in [0.25, 0.3) is 5.91 Å². The molecular weight excluding hydrogens is 398 g/mol. The number of hydrogen-bond acceptors (Lipinski definition) is 3. The SMILES string of the molecule is Cl.O=C(C(Oc1ccc(F)c(F)c1)c1ccccc1)N1CCC2(CCNC2)CC1. The van der Waals surface area contributed by atoms with Gasteiger partial charge in [-0.15, -0.1) is 12.4 Å². The number of amides is 1. The number of piperidine rings is 1. The molecule has 4 rings (SSSR count). The third kappa shape index (κ3) is 4.70. The quantitative estimate of drug-likeness (QED) is 0.806. The highest BCUT2D eigenvalue weighted by Gasteiger charge is 2.39. The average Bonchev–Trinajstić information content (AvgIpc) is 3.17. The lowest BCUT2D eigenvalue weighted by Gasteiger charge is -2.40. The van der Waals surface area contributed by atoms with Crippen LogP contribution in [0.1, 0.15) is 30.9 Å². The summed E-state index contributed by atoms with van der Waals surface area (Å²) in [7, 11) is 0. The normalized spacial score (nSPS) is 18.9. The Morgan fingerprint density at radius 3 is 2.38 bits per heavy atom. The van der Waals surface area contributed by atoms with Crippen LogP contribution in [0.3, 0.4) is 0 Å². The smallest absolute Gasteiger partial charge is 0.268 e. The van der Waals surface area contributed by atoms with Crippen molar-refractivity contribution in [2.75, 3.05) is 26.2 Å². The van der Waals surface area contributed by atoms with E-state index in [1.165, 1.54) is 6.07 Å². The summed E-state index contributed by atoms with van der Waals surface area (Å²) in [6, 6.07) is 12.5. The van der Waals surface area contributed by atoms with Crippen LogP contribution < -0.4 is 10.1 Å². The van der Waals surface area contributed by atoms with E-state index in [0.717, 1.165) is 44.5 Å². The van der Waals surface area contributed by atoms with Crippen molar-refractivity contribution in [3.8, 4) is 5.75 Å². The molecule has 0 bridgehead atoms. The van der Waals surface area contributed by atoms with E-state index in [0.29, 0.717) is 24.1 Å². The number of carbonyl (C=O) groups excluding carboxylic acids is 1. The molecule has 1 unspecified atom stereocenters. The monoisotopic (exact) mass is 422 g/mol. The van der Waals surface area contributed by atoms with E-state index in [2.05, 4.69) is 5.32 Å². The number of ether oxygens (including phenoxy) is 1. The van der Waals surface area contributed by atoms with Gasteiger partial charge in [0.05, 0.1) is 0 Å². The minimum absolute atomic E-state index is 0. The zero-order valence-corrected chi connectivity index (χ0v) is 16.9. The summed E-state index contributed by atoms with van der Waals surface area (Å²) in [6.07, 6.45) is 2.21. The van der Waals surface area contributed by atoms with Crippen LogP contribution in [0.15, 0.2) is 48.5 Å². The molecule has 1 atom stereocenters. The van der Waals surface area contributed by atoms with Crippen LogP contribution in [-0.4, -0.2) is 37.0 Å². The van der Waals surface area contributed by atoms with E-state index in [-0.39, 0.29) is 24.1 Å². The zero-order chi connectivity index (χ0) is 19.6. The van der Waals surface area contributed by atoms with Gasteiger partial charge in [0, 0.05) is 31.3 Å². The molecule has 29 heavy (non-hydrogen) atoms. The van der Waals surface area contributed by atoms with E-state index in [1.54, 1.807) is 0 Å². The van der Waals surface area contributed by atoms with Crippen LogP contribution in [0.2, 0.25) is 0 Å². The van der Waals surface area contributed by atoms with Crippen molar-refractivity contribution < 1.29 is 18.3 Å². The van der Waals surface area contributed by atoms with Crippen LogP contribution in [-0.2, 0) is 4.79 Å². The first-order valence-corrected chi connectivity index (χ1v) is 9.73. The second-order valence-electron chi connectivity index (χ2n) is 7.74. The van der Waals surface area contributed by atoms with Gasteiger partial charge < -0.3 is 15.0 Å². The third-order valence-corrected chi connectivity index (χ3v) is 5.94. The molecule has 1 spiro atoms. The Bertz CT molecular complexity index is 834. The van der Waals surface area contributed by atoms with E-state index in [1.807, 2.05) is 35.2 Å². The van der Waals surface area contributed by atoms with Gasteiger partial charge in [-0.3, -0.25) is 4.79 Å². The number of likely N-dealkylation sites (tertiary alicyclic amines) is 1. The molecule has 0 saturated carbocycles. The number of carbonyl (C=O) groups is 1. The number of nitrogens with one attached hydrogen (secondary N) is 1. The maximum atomic E-state index is 13.6. The van der Waals surface area contributed by atoms with Crippen LogP contribution >= 0.6 is 12.4 Å². The molecule has 1 amide bonds. The molecule has 0 aliphatic carbocycles. The molecule has 0 aromatic heterocycles. The summed E-state index contributed by atoms with van der Waals surface area (Å²) < 4.78 is 32.7. The largest absolute Gasteiger partial charge is 0.476 e. The van der Waals surface area contributed by atoms with Gasteiger partial charge in [0.15, 0.2) is 11.6 Å². The topological polar surface area (TPSA) is 41.6 Å². The summed E-state index contributed by atoms with van der Waals surface area (Å²) in [6.45, 7) is 3.43. The molecule has 2 aliphatic rings. The number of rotatable bonds is 4. The summed E-state index contributed by atoms with van der Waals surface area (Å²) in [5, 5.41) is 3.42. The van der Waals surface area contributed by atoms with Crippen LogP contribution in [0.5, 0.6) is 5.75 Å². The minimum Gasteiger partial charge on any atom is -0.476 e. The molecule has 2 heterocycles. The Kier molecular flexibility index (Phi) is 6.75. The standard InChI is InChI=1S/C22H24F2N2O2.ClH/c23-18-7-6-17(14-19(18)24)28-20(16-4-2-1-3-5-16)21(27)26-12-9-22(10-13-26)8-11-25-15-22;/h1-7,14,20,25H,8-13,15H2;1H. The second-order valence-corrected chi connectivity index (χ2v) is 7.74. The fourth-order valence-corrected chi connectivity index (χ4v) is 4.16. The van der Waals surface area contributed by atoms with Crippen molar-refractivity contribution in [3.05, 3.63) is 65.7 Å². The van der Waals surface area contributed by atoms with Crippen molar-refractivity contribution in [2.45, 2.75) is 25.4 Å². The second kappa shape index (κ2) is 9.09. The van der Waals surface area contributed by atoms with Gasteiger partial charge in [-0.05, 0) is 43.4 Å². The first-order chi connectivity index (χ1) is 13.6. The first-order valence-electron chi connectivity index (χ1n) is 9.73. The Balaban J connectivity index is 0.00000240. The summed E-state index contributed by atoms with van der Waals surface area (Å²) in [5.41, 5.74) is 1.00. The predicted octanol–water partition coefficient (Wildman–Crippen LogP) is 4.11. The lowest BCUT2D eigenvalue weighted by atomic mass is 9.77. The average molecular weight is 423 g/mol. The molecule has 2 aromatic rings. The van der Waals surface area contributed by atoms with Crippen molar-refractivity contribution in [1.82, 2.24) is 10.2 Å². The number of halogens is 3. The summed E-state index contributed by atoms with van der Waals surface area (Å²) >= 11 is 0. The summed E-state index contributed by atoms with van der Waals surface area (Å²) in [4.78, 5) is 15.1. The Labute approximate surface area is 175 Å². The van der Waals surface area contributed by atoms with Gasteiger partial charge in [-0.2, -0.15) is 0 Å². The Morgan fingerprint density at radius 1 is 1.03 bits per heavy atom. The maximum absolute atomic E-state index is 13.6. The summed E-state index contributed by atoms with van der Waals surface area (Å²) in [5.74, 6) is -1.95. The van der Waals surface area contributed by atoms with E-state index < -0.39 is 17.7 Å². The van der Waals surface area contributed by atoms with Gasteiger partial charge in [-0.25, -0.2) is 8.78 Å². The van der Waals surface area contributed by atoms with Crippen molar-refractivity contribution in [1.29, 1.82) is 0 Å². The minimum atomic E-state index is -0.995. The highest BCUT2D eigenvalue weighted by Crippen LogP contribution is 2.38. The molecule has 2 saturated heterocycles. The molecule has 2 fully saturated rings. The molecule has 7 heteroatoms. The molecule has 4 nitrogen and oxygen atoms in total. The molecular formula is C22H25ClF2N2O2. The number of benzene rings is 2. The fourth-order valence-electron chi connectivity index (χ4n) is 4.16. The number of nitrogens with zero attached hydrogens (tertiary/aromatic N) is 1. The van der Waals surface area contributed by atoms with Gasteiger partial charge >= 0.3 is 0 Å². The van der Waals surface area contributed by atoms with Crippen LogP contribution in [0.4, 0.5) is 8.78 Å². The Hall–Kier alpha value is -2.18. The molecule has 156 valence electrons.